The summed E-state index contributed by atoms with van der Waals surface area (Å²) in [6.45, 7) is 1.69. The lowest BCUT2D eigenvalue weighted by molar-refractivity contribution is -0.147. The van der Waals surface area contributed by atoms with E-state index in [1.807, 2.05) is 0 Å². The third-order valence-electron chi connectivity index (χ3n) is 2.69. The van der Waals surface area contributed by atoms with Gasteiger partial charge >= 0.3 is 12.1 Å². The number of alkyl halides is 1. The molecule has 6 nitrogen and oxygen atoms in total. The van der Waals surface area contributed by atoms with Crippen molar-refractivity contribution in [3.8, 4) is 0 Å². The number of hydrogen-bond donors (Lipinski definition) is 1. The molecule has 0 aliphatic carbocycles. The second-order valence-electron chi connectivity index (χ2n) is 4.12. The highest BCUT2D eigenvalue weighted by Crippen LogP contribution is 2.17. The zero-order chi connectivity index (χ0) is 13.7. The Bertz CT molecular complexity index is 346. The zero-order valence-corrected chi connectivity index (χ0v) is 10.1. The number of carboxylic acid groups (broad SMARTS) is 1. The molecule has 18 heavy (non-hydrogen) atoms. The summed E-state index contributed by atoms with van der Waals surface area (Å²) in [5.41, 5.74) is 0. The van der Waals surface area contributed by atoms with E-state index in [1.54, 1.807) is 6.92 Å². The summed E-state index contributed by atoms with van der Waals surface area (Å²) in [5.74, 6) is -1.51. The topological polar surface area (TPSA) is 83.9 Å². The predicted octanol–water partition coefficient (Wildman–Crippen LogP) is 1.34. The van der Waals surface area contributed by atoms with Gasteiger partial charge in [0.25, 0.3) is 0 Å². The lowest BCUT2D eigenvalue weighted by Gasteiger charge is -2.31. The first kappa shape index (κ1) is 14.4. The highest BCUT2D eigenvalue weighted by Gasteiger charge is 2.37. The molecule has 1 saturated heterocycles. The van der Waals surface area contributed by atoms with Crippen molar-refractivity contribution in [2.24, 2.45) is 0 Å². The van der Waals surface area contributed by atoms with E-state index in [4.69, 9.17) is 5.11 Å². The van der Waals surface area contributed by atoms with Gasteiger partial charge in [0, 0.05) is 25.8 Å². The molecule has 2 unspecified atom stereocenters. The Kier molecular flexibility index (Phi) is 5.06. The number of rotatable bonds is 4. The number of likely N-dealkylation sites (tertiary alicyclic amines) is 1. The molecule has 1 rings (SSSR count). The summed E-state index contributed by atoms with van der Waals surface area (Å²) < 4.78 is 17.6. The van der Waals surface area contributed by atoms with Gasteiger partial charge in [-0.2, -0.15) is 0 Å². The summed E-state index contributed by atoms with van der Waals surface area (Å²) in [6.07, 6.45) is -2.37. The smallest absolute Gasteiger partial charge is 0.413 e. The Labute approximate surface area is 104 Å². The highest BCUT2D eigenvalue weighted by atomic mass is 19.1. The minimum Gasteiger partial charge on any atom is -0.480 e. The monoisotopic (exact) mass is 261 g/mol. The van der Waals surface area contributed by atoms with Gasteiger partial charge in [0.05, 0.1) is 0 Å². The van der Waals surface area contributed by atoms with Gasteiger partial charge in [-0.25, -0.2) is 14.0 Å². The number of hydrogen-bond acceptors (Lipinski definition) is 4. The van der Waals surface area contributed by atoms with Crippen molar-refractivity contribution in [2.75, 3.05) is 6.54 Å². The number of carboxylic acids is 1. The minimum atomic E-state index is -1.74. The fourth-order valence-corrected chi connectivity index (χ4v) is 1.73. The first-order valence-corrected chi connectivity index (χ1v) is 5.81. The van der Waals surface area contributed by atoms with Crippen molar-refractivity contribution in [2.45, 2.75) is 45.0 Å². The maximum atomic E-state index is 13.1. The Morgan fingerprint density at radius 3 is 2.83 bits per heavy atom. The number of ketones is 1. The number of Topliss-reactive ketones (excluding diaryl/α,β-unsaturated/α-hetero) is 1. The van der Waals surface area contributed by atoms with Crippen molar-refractivity contribution >= 4 is 17.8 Å². The summed E-state index contributed by atoms with van der Waals surface area (Å²) in [5, 5.41) is 8.92. The van der Waals surface area contributed by atoms with E-state index in [0.717, 1.165) is 4.90 Å². The van der Waals surface area contributed by atoms with Gasteiger partial charge in [0.1, 0.15) is 11.8 Å². The molecule has 1 aliphatic heterocycles. The molecule has 1 fully saturated rings. The molecule has 7 heteroatoms. The first-order valence-electron chi connectivity index (χ1n) is 5.81. The van der Waals surface area contributed by atoms with Crippen LogP contribution in [0.25, 0.3) is 0 Å². The van der Waals surface area contributed by atoms with Gasteiger partial charge in [-0.1, -0.05) is 6.92 Å². The maximum absolute atomic E-state index is 13.1. The van der Waals surface area contributed by atoms with Gasteiger partial charge in [0.15, 0.2) is 0 Å². The van der Waals surface area contributed by atoms with Crippen molar-refractivity contribution in [3.63, 3.8) is 0 Å². The first-order chi connectivity index (χ1) is 8.45. The second-order valence-corrected chi connectivity index (χ2v) is 4.12. The summed E-state index contributed by atoms with van der Waals surface area (Å²) in [6, 6.07) is -1.26. The van der Waals surface area contributed by atoms with Crippen LogP contribution in [0.1, 0.15) is 32.6 Å². The minimum absolute atomic E-state index is 0.0481. The number of carbonyl (C=O) groups is 3. The normalized spacial score (nSPS) is 21.6. The molecular formula is C11H16FNO5. The molecule has 1 aliphatic rings. The number of piperidine rings is 1. The largest absolute Gasteiger partial charge is 0.480 e. The number of aliphatic carboxylic acids is 1. The summed E-state index contributed by atoms with van der Waals surface area (Å²) in [7, 11) is 0. The third-order valence-corrected chi connectivity index (χ3v) is 2.69. The van der Waals surface area contributed by atoms with Gasteiger partial charge < -0.3 is 9.84 Å². The quantitative estimate of drug-likeness (QED) is 0.825. The van der Waals surface area contributed by atoms with Crippen LogP contribution in [0.2, 0.25) is 0 Å². The van der Waals surface area contributed by atoms with Crippen molar-refractivity contribution in [1.29, 1.82) is 0 Å². The van der Waals surface area contributed by atoms with Crippen LogP contribution < -0.4 is 0 Å². The van der Waals surface area contributed by atoms with Crippen LogP contribution in [0, 0.1) is 0 Å². The lowest BCUT2D eigenvalue weighted by Crippen LogP contribution is -2.51. The van der Waals surface area contributed by atoms with E-state index in [-0.39, 0.29) is 31.6 Å². The molecule has 0 aromatic heterocycles. The van der Waals surface area contributed by atoms with Crippen molar-refractivity contribution < 1.29 is 28.6 Å². The van der Waals surface area contributed by atoms with Crippen LogP contribution in [-0.4, -0.2) is 46.8 Å². The highest BCUT2D eigenvalue weighted by molar-refractivity contribution is 5.90. The average molecular weight is 261 g/mol. The fraction of sp³-hybridized carbons (Fsp3) is 0.727. The van der Waals surface area contributed by atoms with Crippen LogP contribution in [0.5, 0.6) is 0 Å². The van der Waals surface area contributed by atoms with Crippen molar-refractivity contribution in [1.82, 2.24) is 4.90 Å². The van der Waals surface area contributed by atoms with Gasteiger partial charge in [0.2, 0.25) is 6.36 Å². The third kappa shape index (κ3) is 3.68. The average Bonchev–Trinajstić information content (AvgIpc) is 2.28. The number of amides is 1. The van der Waals surface area contributed by atoms with E-state index in [0.29, 0.717) is 6.42 Å². The number of halogens is 1. The number of ether oxygens (including phenoxy) is 1. The predicted molar refractivity (Wildman–Crippen MR) is 58.7 cm³/mol. The molecule has 2 atom stereocenters. The second kappa shape index (κ2) is 6.32. The number of nitrogens with zero attached hydrogens (tertiary/aromatic N) is 1. The van der Waals surface area contributed by atoms with E-state index >= 15 is 0 Å². The van der Waals surface area contributed by atoms with Crippen LogP contribution in [0.15, 0.2) is 0 Å². The zero-order valence-electron chi connectivity index (χ0n) is 10.1. The molecule has 1 amide bonds. The molecule has 0 aromatic rings. The molecule has 102 valence electrons. The van der Waals surface area contributed by atoms with E-state index in [9.17, 15) is 18.8 Å². The fourth-order valence-electron chi connectivity index (χ4n) is 1.73. The Morgan fingerprint density at radius 2 is 2.28 bits per heavy atom. The van der Waals surface area contributed by atoms with Gasteiger partial charge in [-0.3, -0.25) is 9.69 Å². The molecule has 1 heterocycles. The SMILES string of the molecule is CCCC(F)OC(=O)N1CCC(=O)CC1C(=O)O. The standard InChI is InChI=1S/C11H16FNO5/c1-2-3-9(12)18-11(17)13-5-4-7(14)6-8(13)10(15)16/h8-9H,2-6H2,1H3,(H,15,16). The molecule has 0 bridgehead atoms. The van der Waals surface area contributed by atoms with E-state index in [2.05, 4.69) is 4.74 Å². The Morgan fingerprint density at radius 1 is 1.61 bits per heavy atom. The molecule has 0 aromatic carbocycles. The van der Waals surface area contributed by atoms with E-state index < -0.39 is 24.5 Å². The van der Waals surface area contributed by atoms with Crippen LogP contribution in [0.4, 0.5) is 9.18 Å². The lowest BCUT2D eigenvalue weighted by atomic mass is 10.0. The Hall–Kier alpha value is -1.66. The van der Waals surface area contributed by atoms with Crippen LogP contribution >= 0.6 is 0 Å². The molecule has 1 N–H and O–H groups in total. The molecule has 0 radical (unpaired) electrons. The maximum Gasteiger partial charge on any atom is 0.413 e. The molecule has 0 saturated carbocycles. The van der Waals surface area contributed by atoms with Crippen LogP contribution in [-0.2, 0) is 14.3 Å². The number of carbonyl (C=O) groups excluding carboxylic acids is 2. The van der Waals surface area contributed by atoms with E-state index in [1.165, 1.54) is 0 Å². The summed E-state index contributed by atoms with van der Waals surface area (Å²) in [4.78, 5) is 34.6. The molecule has 0 spiro atoms. The van der Waals surface area contributed by atoms with Crippen LogP contribution in [0.3, 0.4) is 0 Å². The molecular weight excluding hydrogens is 245 g/mol. The van der Waals surface area contributed by atoms with Gasteiger partial charge in [-0.05, 0) is 6.42 Å². The Balaban J connectivity index is 2.64. The van der Waals surface area contributed by atoms with Crippen molar-refractivity contribution in [3.05, 3.63) is 0 Å². The summed E-state index contributed by atoms with van der Waals surface area (Å²) >= 11 is 0. The van der Waals surface area contributed by atoms with Gasteiger partial charge in [-0.15, -0.1) is 0 Å².